The molecule has 0 atom stereocenters. The van der Waals surface area contributed by atoms with Crippen LogP contribution in [0.5, 0.6) is 11.5 Å². The van der Waals surface area contributed by atoms with Crippen molar-refractivity contribution in [2.75, 3.05) is 55.5 Å². The van der Waals surface area contributed by atoms with E-state index in [1.165, 1.54) is 12.1 Å². The van der Waals surface area contributed by atoms with Crippen molar-refractivity contribution in [3.8, 4) is 11.5 Å². The van der Waals surface area contributed by atoms with Gasteiger partial charge in [0.15, 0.2) is 9.84 Å². The molecule has 0 bridgehead atoms. The van der Waals surface area contributed by atoms with E-state index in [1.54, 1.807) is 24.3 Å². The first-order valence-electron chi connectivity index (χ1n) is 10.8. The number of hydrogen-bond acceptors (Lipinski definition) is 7. The maximum Gasteiger partial charge on any atom is 0.225 e. The first kappa shape index (κ1) is 23.9. The van der Waals surface area contributed by atoms with E-state index < -0.39 is 15.7 Å². The molecule has 1 fully saturated rings. The molecule has 1 aliphatic rings. The summed E-state index contributed by atoms with van der Waals surface area (Å²) in [5, 5.41) is 2.80. The largest absolute Gasteiger partial charge is 0.492 e. The van der Waals surface area contributed by atoms with E-state index in [1.807, 2.05) is 19.9 Å². The van der Waals surface area contributed by atoms with Crippen LogP contribution in [0.2, 0.25) is 0 Å². The third-order valence-electron chi connectivity index (χ3n) is 4.99. The van der Waals surface area contributed by atoms with Crippen LogP contribution in [0.4, 0.5) is 11.4 Å². The molecule has 0 unspecified atom stereocenters. The minimum absolute atomic E-state index is 0.169. The summed E-state index contributed by atoms with van der Waals surface area (Å²) in [6.45, 7) is 7.36. The summed E-state index contributed by atoms with van der Waals surface area (Å²) in [7, 11) is -3.54. The van der Waals surface area contributed by atoms with Gasteiger partial charge in [0.25, 0.3) is 0 Å². The van der Waals surface area contributed by atoms with E-state index in [0.29, 0.717) is 43.6 Å². The fourth-order valence-electron chi connectivity index (χ4n) is 3.43. The predicted octanol–water partition coefficient (Wildman–Crippen LogP) is 3.12. The number of anilines is 2. The molecule has 2 aromatic rings. The number of nitrogens with one attached hydrogen (secondary N) is 1. The van der Waals surface area contributed by atoms with E-state index in [2.05, 4.69) is 10.2 Å². The maximum absolute atomic E-state index is 12.6. The van der Waals surface area contributed by atoms with Gasteiger partial charge in [0.1, 0.15) is 11.5 Å². The minimum Gasteiger partial charge on any atom is -0.492 e. The third kappa shape index (κ3) is 6.14. The monoisotopic (exact) mass is 462 g/mol. The SMILES string of the molecule is CCOc1cc(N2CCOCC2)c(OCC)cc1NC(=O)CCS(=O)(=O)c1ccccc1. The molecule has 0 spiro atoms. The fourth-order valence-corrected chi connectivity index (χ4v) is 4.69. The molecule has 32 heavy (non-hydrogen) atoms. The Hall–Kier alpha value is -2.78. The van der Waals surface area contributed by atoms with Gasteiger partial charge in [-0.15, -0.1) is 0 Å². The number of nitrogens with zero attached hydrogens (tertiary/aromatic N) is 1. The Balaban J connectivity index is 1.78. The number of carbonyl (C=O) groups excluding carboxylic acids is 1. The molecule has 0 radical (unpaired) electrons. The Labute approximate surface area is 189 Å². The van der Waals surface area contributed by atoms with Gasteiger partial charge in [-0.3, -0.25) is 4.79 Å². The van der Waals surface area contributed by atoms with Crippen LogP contribution in [0, 0.1) is 0 Å². The molecule has 1 aliphatic heterocycles. The average molecular weight is 463 g/mol. The van der Waals surface area contributed by atoms with Crippen molar-refractivity contribution < 1.29 is 27.4 Å². The van der Waals surface area contributed by atoms with Crippen LogP contribution in [0.25, 0.3) is 0 Å². The zero-order valence-electron chi connectivity index (χ0n) is 18.5. The average Bonchev–Trinajstić information content (AvgIpc) is 2.81. The Morgan fingerprint density at radius 1 is 1.03 bits per heavy atom. The van der Waals surface area contributed by atoms with Gasteiger partial charge in [0.2, 0.25) is 5.91 Å². The van der Waals surface area contributed by atoms with Crippen molar-refractivity contribution in [2.24, 2.45) is 0 Å². The lowest BCUT2D eigenvalue weighted by Gasteiger charge is -2.31. The highest BCUT2D eigenvalue weighted by Crippen LogP contribution is 2.39. The molecule has 0 aliphatic carbocycles. The van der Waals surface area contributed by atoms with Gasteiger partial charge < -0.3 is 24.4 Å². The zero-order valence-corrected chi connectivity index (χ0v) is 19.3. The summed E-state index contributed by atoms with van der Waals surface area (Å²) < 4.78 is 42.0. The van der Waals surface area contributed by atoms with Gasteiger partial charge in [-0.05, 0) is 26.0 Å². The Bertz CT molecular complexity index is 1000. The summed E-state index contributed by atoms with van der Waals surface area (Å²) in [4.78, 5) is 15.0. The number of benzene rings is 2. The van der Waals surface area contributed by atoms with Crippen molar-refractivity contribution in [3.05, 3.63) is 42.5 Å². The van der Waals surface area contributed by atoms with E-state index in [4.69, 9.17) is 14.2 Å². The van der Waals surface area contributed by atoms with Gasteiger partial charge in [-0.25, -0.2) is 8.42 Å². The fraction of sp³-hybridized carbons (Fsp3) is 0.435. The number of hydrogen-bond donors (Lipinski definition) is 1. The quantitative estimate of drug-likeness (QED) is 0.580. The van der Waals surface area contributed by atoms with Crippen molar-refractivity contribution >= 4 is 27.1 Å². The van der Waals surface area contributed by atoms with E-state index in [9.17, 15) is 13.2 Å². The van der Waals surface area contributed by atoms with E-state index in [-0.39, 0.29) is 17.1 Å². The van der Waals surface area contributed by atoms with Gasteiger partial charge in [-0.2, -0.15) is 0 Å². The van der Waals surface area contributed by atoms with Crippen LogP contribution < -0.4 is 19.7 Å². The van der Waals surface area contributed by atoms with Gasteiger partial charge in [-0.1, -0.05) is 18.2 Å². The third-order valence-corrected chi connectivity index (χ3v) is 6.72. The zero-order chi connectivity index (χ0) is 23.0. The standard InChI is InChI=1S/C23H30N2O6S/c1-3-30-21-17-20(25-11-13-29-14-12-25)22(31-4-2)16-19(21)24-23(26)10-15-32(27,28)18-8-6-5-7-9-18/h5-9,16-17H,3-4,10-15H2,1-2H3,(H,24,26). The molecule has 9 heteroatoms. The van der Waals surface area contributed by atoms with Crippen LogP contribution in [0.15, 0.2) is 47.4 Å². The summed E-state index contributed by atoms with van der Waals surface area (Å²) in [5.41, 5.74) is 1.33. The topological polar surface area (TPSA) is 94.2 Å². The number of sulfone groups is 1. The van der Waals surface area contributed by atoms with Crippen LogP contribution in [-0.2, 0) is 19.4 Å². The number of amides is 1. The maximum atomic E-state index is 12.6. The smallest absolute Gasteiger partial charge is 0.225 e. The molecule has 0 saturated carbocycles. The lowest BCUT2D eigenvalue weighted by Crippen LogP contribution is -2.36. The van der Waals surface area contributed by atoms with Crippen LogP contribution in [0.3, 0.4) is 0 Å². The first-order chi connectivity index (χ1) is 15.4. The molecule has 1 heterocycles. The van der Waals surface area contributed by atoms with Crippen LogP contribution in [-0.4, -0.2) is 59.6 Å². The Morgan fingerprint density at radius 3 is 2.34 bits per heavy atom. The summed E-state index contributed by atoms with van der Waals surface area (Å²) in [5.74, 6) is 0.450. The van der Waals surface area contributed by atoms with Gasteiger partial charge in [0.05, 0.1) is 48.5 Å². The number of ether oxygens (including phenoxy) is 3. The highest BCUT2D eigenvalue weighted by atomic mass is 32.2. The molecule has 174 valence electrons. The molecule has 0 aromatic heterocycles. The second-order valence-electron chi connectivity index (χ2n) is 7.21. The lowest BCUT2D eigenvalue weighted by atomic mass is 10.2. The van der Waals surface area contributed by atoms with Crippen LogP contribution in [0.1, 0.15) is 20.3 Å². The number of morpholine rings is 1. The van der Waals surface area contributed by atoms with E-state index >= 15 is 0 Å². The summed E-state index contributed by atoms with van der Waals surface area (Å²) >= 11 is 0. The van der Waals surface area contributed by atoms with E-state index in [0.717, 1.165) is 18.8 Å². The van der Waals surface area contributed by atoms with Crippen molar-refractivity contribution in [1.82, 2.24) is 0 Å². The lowest BCUT2D eigenvalue weighted by molar-refractivity contribution is -0.115. The molecule has 8 nitrogen and oxygen atoms in total. The van der Waals surface area contributed by atoms with Crippen molar-refractivity contribution in [2.45, 2.75) is 25.2 Å². The normalized spacial score (nSPS) is 14.1. The summed E-state index contributed by atoms with van der Waals surface area (Å²) in [6.07, 6.45) is -0.169. The predicted molar refractivity (Wildman–Crippen MR) is 124 cm³/mol. The molecule has 1 amide bonds. The van der Waals surface area contributed by atoms with Gasteiger partial charge in [0, 0.05) is 31.6 Å². The summed E-state index contributed by atoms with van der Waals surface area (Å²) in [6, 6.07) is 11.7. The Kier molecular flexibility index (Phi) is 8.35. The molecule has 3 rings (SSSR count). The second kappa shape index (κ2) is 11.2. The molecule has 1 saturated heterocycles. The first-order valence-corrected chi connectivity index (χ1v) is 12.4. The molecule has 1 N–H and O–H groups in total. The second-order valence-corrected chi connectivity index (χ2v) is 9.32. The number of rotatable bonds is 10. The Morgan fingerprint density at radius 2 is 1.69 bits per heavy atom. The van der Waals surface area contributed by atoms with Crippen molar-refractivity contribution in [1.29, 1.82) is 0 Å². The molecular formula is C23H30N2O6S. The van der Waals surface area contributed by atoms with Crippen LogP contribution >= 0.6 is 0 Å². The molecule has 2 aromatic carbocycles. The highest BCUT2D eigenvalue weighted by molar-refractivity contribution is 7.91. The highest BCUT2D eigenvalue weighted by Gasteiger charge is 2.21. The molecular weight excluding hydrogens is 432 g/mol. The number of carbonyl (C=O) groups is 1. The van der Waals surface area contributed by atoms with Gasteiger partial charge >= 0.3 is 0 Å². The van der Waals surface area contributed by atoms with Crippen molar-refractivity contribution in [3.63, 3.8) is 0 Å². The minimum atomic E-state index is -3.54.